The van der Waals surface area contributed by atoms with Gasteiger partial charge in [0.25, 0.3) is 0 Å². The maximum absolute atomic E-state index is 3.50. The molecule has 18 heavy (non-hydrogen) atoms. The molecule has 1 nitrogen and oxygen atoms in total. The first kappa shape index (κ1) is 13.7. The lowest BCUT2D eigenvalue weighted by Crippen LogP contribution is -2.19. The quantitative estimate of drug-likeness (QED) is 0.736. The molecule has 0 aliphatic heterocycles. The van der Waals surface area contributed by atoms with Crippen molar-refractivity contribution in [1.29, 1.82) is 0 Å². The summed E-state index contributed by atoms with van der Waals surface area (Å²) in [5.74, 6) is 2.30. The number of thioether (sulfide) groups is 1. The van der Waals surface area contributed by atoms with Crippen molar-refractivity contribution >= 4 is 23.1 Å². The van der Waals surface area contributed by atoms with Crippen molar-refractivity contribution < 1.29 is 0 Å². The average Bonchev–Trinajstić information content (AvgIpc) is 2.92. The Morgan fingerprint density at radius 1 is 1.00 bits per heavy atom. The molecule has 0 bridgehead atoms. The maximum atomic E-state index is 3.50. The molecule has 1 heterocycles. The highest BCUT2D eigenvalue weighted by Gasteiger charge is 1.94. The van der Waals surface area contributed by atoms with Gasteiger partial charge in [-0.05, 0) is 30.0 Å². The van der Waals surface area contributed by atoms with Gasteiger partial charge in [0.1, 0.15) is 0 Å². The number of benzene rings is 1. The Bertz CT molecular complexity index is 411. The van der Waals surface area contributed by atoms with Crippen LogP contribution in [0.2, 0.25) is 0 Å². The van der Waals surface area contributed by atoms with Gasteiger partial charge in [0.15, 0.2) is 0 Å². The molecule has 0 aliphatic carbocycles. The molecule has 0 radical (unpaired) electrons. The second kappa shape index (κ2) is 8.35. The van der Waals surface area contributed by atoms with Crippen molar-refractivity contribution in [1.82, 2.24) is 5.32 Å². The highest BCUT2D eigenvalue weighted by molar-refractivity contribution is 7.98. The van der Waals surface area contributed by atoms with E-state index in [1.807, 2.05) is 23.1 Å². The van der Waals surface area contributed by atoms with Gasteiger partial charge >= 0.3 is 0 Å². The van der Waals surface area contributed by atoms with Crippen LogP contribution < -0.4 is 5.32 Å². The summed E-state index contributed by atoms with van der Waals surface area (Å²) in [7, 11) is 0. The largest absolute Gasteiger partial charge is 0.316 e. The maximum Gasteiger partial charge on any atom is 0.0185 e. The molecule has 0 saturated heterocycles. The van der Waals surface area contributed by atoms with Crippen LogP contribution in [-0.2, 0) is 12.2 Å². The van der Waals surface area contributed by atoms with Crippen molar-refractivity contribution in [2.24, 2.45) is 0 Å². The number of hydrogen-bond donors (Lipinski definition) is 1. The van der Waals surface area contributed by atoms with E-state index in [0.717, 1.165) is 25.3 Å². The van der Waals surface area contributed by atoms with Crippen LogP contribution in [-0.4, -0.2) is 18.8 Å². The van der Waals surface area contributed by atoms with Gasteiger partial charge < -0.3 is 5.32 Å². The van der Waals surface area contributed by atoms with E-state index in [2.05, 4.69) is 53.2 Å². The Kier molecular flexibility index (Phi) is 6.34. The molecule has 0 unspecified atom stereocenters. The first-order chi connectivity index (χ1) is 8.95. The zero-order valence-electron chi connectivity index (χ0n) is 10.5. The molecule has 2 rings (SSSR count). The van der Waals surface area contributed by atoms with Gasteiger partial charge in [0, 0.05) is 22.9 Å². The summed E-state index contributed by atoms with van der Waals surface area (Å²) in [6.45, 7) is 2.19. The monoisotopic (exact) mass is 277 g/mol. The zero-order chi connectivity index (χ0) is 12.5. The molecule has 96 valence electrons. The fourth-order valence-electron chi connectivity index (χ4n) is 1.70. The van der Waals surface area contributed by atoms with Crippen LogP contribution in [0.1, 0.15) is 10.4 Å². The van der Waals surface area contributed by atoms with E-state index in [9.17, 15) is 0 Å². The molecule has 0 aliphatic rings. The molecule has 0 amide bonds. The van der Waals surface area contributed by atoms with E-state index in [4.69, 9.17) is 0 Å². The lowest BCUT2D eigenvalue weighted by molar-refractivity contribution is 0.725. The normalized spacial score (nSPS) is 10.7. The van der Waals surface area contributed by atoms with Gasteiger partial charge in [0.2, 0.25) is 0 Å². The molecule has 1 N–H and O–H groups in total. The fraction of sp³-hybridized carbons (Fsp3) is 0.333. The SMILES string of the molecule is c1ccc(CSCCNCCc2cccs2)cc1. The molecule has 2 aromatic rings. The van der Waals surface area contributed by atoms with E-state index in [0.29, 0.717) is 0 Å². The third kappa shape index (κ3) is 5.25. The minimum Gasteiger partial charge on any atom is -0.316 e. The molecule has 0 saturated carbocycles. The second-order valence-corrected chi connectivity index (χ2v) is 6.25. The molecular weight excluding hydrogens is 258 g/mol. The fourth-order valence-corrected chi connectivity index (χ4v) is 3.27. The Labute approximate surface area is 118 Å². The van der Waals surface area contributed by atoms with Crippen molar-refractivity contribution in [2.75, 3.05) is 18.8 Å². The van der Waals surface area contributed by atoms with Crippen LogP contribution in [0.5, 0.6) is 0 Å². The van der Waals surface area contributed by atoms with E-state index in [1.165, 1.54) is 16.2 Å². The van der Waals surface area contributed by atoms with Gasteiger partial charge in [-0.2, -0.15) is 11.8 Å². The Balaban J connectivity index is 1.47. The standard InChI is InChI=1S/C15H19NS2/c1-2-5-14(6-3-1)13-17-12-10-16-9-8-15-7-4-11-18-15/h1-7,11,16H,8-10,12-13H2. The summed E-state index contributed by atoms with van der Waals surface area (Å²) in [6.07, 6.45) is 1.15. The predicted octanol–water partition coefficient (Wildman–Crippen LogP) is 3.81. The summed E-state index contributed by atoms with van der Waals surface area (Å²) >= 11 is 3.84. The van der Waals surface area contributed by atoms with Crippen LogP contribution in [0, 0.1) is 0 Å². The van der Waals surface area contributed by atoms with E-state index >= 15 is 0 Å². The molecule has 0 fully saturated rings. The van der Waals surface area contributed by atoms with Gasteiger partial charge in [0.05, 0.1) is 0 Å². The number of rotatable bonds is 8. The predicted molar refractivity (Wildman–Crippen MR) is 83.5 cm³/mol. The van der Waals surface area contributed by atoms with Gasteiger partial charge in [-0.15, -0.1) is 11.3 Å². The van der Waals surface area contributed by atoms with Crippen molar-refractivity contribution in [2.45, 2.75) is 12.2 Å². The molecular formula is C15H19NS2. The van der Waals surface area contributed by atoms with Crippen LogP contribution in [0.4, 0.5) is 0 Å². The van der Waals surface area contributed by atoms with Crippen molar-refractivity contribution in [3.8, 4) is 0 Å². The average molecular weight is 277 g/mol. The molecule has 0 spiro atoms. The van der Waals surface area contributed by atoms with E-state index in [1.54, 1.807) is 0 Å². The third-order valence-electron chi connectivity index (χ3n) is 2.66. The Morgan fingerprint density at radius 3 is 2.67 bits per heavy atom. The Morgan fingerprint density at radius 2 is 1.89 bits per heavy atom. The van der Waals surface area contributed by atoms with Gasteiger partial charge in [-0.25, -0.2) is 0 Å². The van der Waals surface area contributed by atoms with Gasteiger partial charge in [-0.3, -0.25) is 0 Å². The van der Waals surface area contributed by atoms with Gasteiger partial charge in [-0.1, -0.05) is 36.4 Å². The first-order valence-electron chi connectivity index (χ1n) is 6.30. The summed E-state index contributed by atoms with van der Waals surface area (Å²) in [5, 5.41) is 5.64. The number of nitrogens with one attached hydrogen (secondary N) is 1. The minimum atomic E-state index is 1.09. The van der Waals surface area contributed by atoms with Crippen LogP contribution in [0.25, 0.3) is 0 Å². The summed E-state index contributed by atoms with van der Waals surface area (Å²) in [5.41, 5.74) is 1.42. The van der Waals surface area contributed by atoms with Crippen LogP contribution in [0.3, 0.4) is 0 Å². The molecule has 1 aromatic heterocycles. The first-order valence-corrected chi connectivity index (χ1v) is 8.33. The number of hydrogen-bond acceptors (Lipinski definition) is 3. The second-order valence-electron chi connectivity index (χ2n) is 4.12. The van der Waals surface area contributed by atoms with Crippen molar-refractivity contribution in [3.63, 3.8) is 0 Å². The van der Waals surface area contributed by atoms with Crippen molar-refractivity contribution in [3.05, 3.63) is 58.3 Å². The molecule has 3 heteroatoms. The summed E-state index contributed by atoms with van der Waals surface area (Å²) < 4.78 is 0. The lowest BCUT2D eigenvalue weighted by atomic mass is 10.2. The molecule has 0 atom stereocenters. The topological polar surface area (TPSA) is 12.0 Å². The highest BCUT2D eigenvalue weighted by atomic mass is 32.2. The number of thiophene rings is 1. The summed E-state index contributed by atoms with van der Waals surface area (Å²) in [4.78, 5) is 1.47. The smallest absolute Gasteiger partial charge is 0.0185 e. The Hall–Kier alpha value is -0.770. The minimum absolute atomic E-state index is 1.09. The van der Waals surface area contributed by atoms with E-state index in [-0.39, 0.29) is 0 Å². The van der Waals surface area contributed by atoms with Crippen LogP contribution in [0.15, 0.2) is 47.8 Å². The van der Waals surface area contributed by atoms with Crippen LogP contribution >= 0.6 is 23.1 Å². The third-order valence-corrected chi connectivity index (χ3v) is 4.63. The van der Waals surface area contributed by atoms with E-state index < -0.39 is 0 Å². The highest BCUT2D eigenvalue weighted by Crippen LogP contribution is 2.11. The summed E-state index contributed by atoms with van der Waals surface area (Å²) in [6, 6.07) is 15.0. The zero-order valence-corrected chi connectivity index (χ0v) is 12.1. The molecule has 1 aromatic carbocycles. The lowest BCUT2D eigenvalue weighted by Gasteiger charge is -2.04.